The maximum atomic E-state index is 12.1. The maximum Gasteiger partial charge on any atom is 0.225 e. The smallest absolute Gasteiger partial charge is 0.225 e. The van der Waals surface area contributed by atoms with Crippen molar-refractivity contribution < 1.29 is 9.53 Å². The monoisotopic (exact) mass is 442 g/mol. The van der Waals surface area contributed by atoms with Gasteiger partial charge in [-0.15, -0.1) is 11.3 Å². The van der Waals surface area contributed by atoms with Gasteiger partial charge in [-0.2, -0.15) is 4.37 Å². The number of anilines is 1. The van der Waals surface area contributed by atoms with E-state index in [2.05, 4.69) is 20.7 Å². The lowest BCUT2D eigenvalue weighted by Crippen LogP contribution is -2.39. The molecule has 1 aliphatic rings. The quantitative estimate of drug-likeness (QED) is 0.575. The maximum absolute atomic E-state index is 12.1. The third kappa shape index (κ3) is 5.58. The van der Waals surface area contributed by atoms with E-state index in [0.29, 0.717) is 18.8 Å². The highest BCUT2D eigenvalue weighted by molar-refractivity contribution is 7.10. The Kier molecular flexibility index (Phi) is 6.96. The van der Waals surface area contributed by atoms with Gasteiger partial charge >= 0.3 is 0 Å². The number of benzene rings is 1. The number of nitrogens with one attached hydrogen (secondary N) is 1. The van der Waals surface area contributed by atoms with E-state index in [9.17, 15) is 4.79 Å². The van der Waals surface area contributed by atoms with Gasteiger partial charge in [0.05, 0.1) is 13.5 Å². The minimum atomic E-state index is 0.117. The summed E-state index contributed by atoms with van der Waals surface area (Å²) in [5.41, 5.74) is 1.15. The van der Waals surface area contributed by atoms with Crippen molar-refractivity contribution >= 4 is 33.9 Å². The van der Waals surface area contributed by atoms with Crippen molar-refractivity contribution in [2.75, 3.05) is 31.6 Å². The Morgan fingerprint density at radius 2 is 2.13 bits per heavy atom. The van der Waals surface area contributed by atoms with E-state index in [1.165, 1.54) is 11.5 Å². The van der Waals surface area contributed by atoms with E-state index in [0.717, 1.165) is 59.6 Å². The third-order valence-corrected chi connectivity index (χ3v) is 7.03. The molecule has 0 unspecified atom stereocenters. The average Bonchev–Trinajstić information content (AvgIpc) is 3.45. The summed E-state index contributed by atoms with van der Waals surface area (Å²) in [7, 11) is 1.68. The van der Waals surface area contributed by atoms with Crippen LogP contribution in [0.3, 0.4) is 0 Å². The van der Waals surface area contributed by atoms with E-state index in [1.807, 2.05) is 35.7 Å². The largest absolute Gasteiger partial charge is 0.497 e. The second kappa shape index (κ2) is 10.0. The SMILES string of the molecule is COc1cccc(Cc2nsc(N3CCC(CNC(=O)Cc4cccs4)CC3)n2)c1. The number of thiophene rings is 1. The fourth-order valence-corrected chi connectivity index (χ4v) is 5.07. The van der Waals surface area contributed by atoms with Crippen LogP contribution < -0.4 is 15.0 Å². The summed E-state index contributed by atoms with van der Waals surface area (Å²) >= 11 is 3.10. The van der Waals surface area contributed by atoms with Crippen molar-refractivity contribution in [3.05, 3.63) is 58.0 Å². The number of amides is 1. The molecule has 0 bridgehead atoms. The number of aromatic nitrogens is 2. The normalized spacial score (nSPS) is 14.6. The number of methoxy groups -OCH3 is 1. The standard InChI is InChI=1S/C22H26N4O2S2/c1-28-18-5-2-4-17(12-18)13-20-24-22(30-25-20)26-9-7-16(8-10-26)15-23-21(27)14-19-6-3-11-29-19/h2-6,11-12,16H,7-10,13-15H2,1H3,(H,23,27). The predicted octanol–water partition coefficient (Wildman–Crippen LogP) is 3.77. The van der Waals surface area contributed by atoms with E-state index in [4.69, 9.17) is 9.72 Å². The summed E-state index contributed by atoms with van der Waals surface area (Å²) in [4.78, 5) is 20.3. The molecule has 0 aliphatic carbocycles. The van der Waals surface area contributed by atoms with Crippen molar-refractivity contribution in [3.63, 3.8) is 0 Å². The van der Waals surface area contributed by atoms with Crippen LogP contribution in [0.2, 0.25) is 0 Å². The number of carbonyl (C=O) groups is 1. The minimum Gasteiger partial charge on any atom is -0.497 e. The Morgan fingerprint density at radius 3 is 2.90 bits per heavy atom. The molecular weight excluding hydrogens is 416 g/mol. The van der Waals surface area contributed by atoms with Crippen LogP contribution in [0.15, 0.2) is 41.8 Å². The van der Waals surface area contributed by atoms with Crippen molar-refractivity contribution in [2.24, 2.45) is 5.92 Å². The molecule has 8 heteroatoms. The van der Waals surface area contributed by atoms with Crippen LogP contribution in [0.1, 0.15) is 29.1 Å². The first kappa shape index (κ1) is 20.8. The molecule has 1 fully saturated rings. The van der Waals surface area contributed by atoms with Gasteiger partial charge in [-0.25, -0.2) is 4.98 Å². The van der Waals surface area contributed by atoms with Crippen LogP contribution in [0.4, 0.5) is 5.13 Å². The van der Waals surface area contributed by atoms with Gasteiger partial charge in [-0.3, -0.25) is 4.79 Å². The Morgan fingerprint density at radius 1 is 1.27 bits per heavy atom. The first-order valence-corrected chi connectivity index (χ1v) is 11.8. The molecule has 1 aromatic carbocycles. The number of hydrogen-bond donors (Lipinski definition) is 1. The lowest BCUT2D eigenvalue weighted by Gasteiger charge is -2.31. The second-order valence-corrected chi connectivity index (χ2v) is 9.27. The molecule has 158 valence electrons. The van der Waals surface area contributed by atoms with Crippen molar-refractivity contribution in [3.8, 4) is 5.75 Å². The molecule has 1 aliphatic heterocycles. The molecule has 30 heavy (non-hydrogen) atoms. The number of piperidine rings is 1. The van der Waals surface area contributed by atoms with E-state index in [-0.39, 0.29) is 5.91 Å². The highest BCUT2D eigenvalue weighted by Crippen LogP contribution is 2.25. The van der Waals surface area contributed by atoms with Gasteiger partial charge < -0.3 is 15.0 Å². The molecule has 0 atom stereocenters. The summed E-state index contributed by atoms with van der Waals surface area (Å²) in [6.45, 7) is 2.67. The highest BCUT2D eigenvalue weighted by Gasteiger charge is 2.22. The summed E-state index contributed by atoms with van der Waals surface area (Å²) in [6.07, 6.45) is 3.31. The third-order valence-electron chi connectivity index (χ3n) is 5.34. The fraction of sp³-hybridized carbons (Fsp3) is 0.409. The van der Waals surface area contributed by atoms with Gasteiger partial charge in [0.15, 0.2) is 0 Å². The highest BCUT2D eigenvalue weighted by atomic mass is 32.1. The molecule has 2 aromatic heterocycles. The summed E-state index contributed by atoms with van der Waals surface area (Å²) in [6, 6.07) is 12.0. The minimum absolute atomic E-state index is 0.117. The van der Waals surface area contributed by atoms with E-state index in [1.54, 1.807) is 18.4 Å². The van der Waals surface area contributed by atoms with Gasteiger partial charge in [0.2, 0.25) is 11.0 Å². The molecule has 0 saturated carbocycles. The Balaban J connectivity index is 1.23. The number of ether oxygens (including phenoxy) is 1. The Hall–Kier alpha value is -2.45. The molecule has 0 spiro atoms. The molecule has 1 saturated heterocycles. The van der Waals surface area contributed by atoms with Crippen molar-refractivity contribution in [1.82, 2.24) is 14.7 Å². The van der Waals surface area contributed by atoms with Crippen LogP contribution in [-0.4, -0.2) is 42.0 Å². The topological polar surface area (TPSA) is 67.3 Å². The summed E-state index contributed by atoms with van der Waals surface area (Å²) in [5, 5.41) is 6.10. The molecule has 1 amide bonds. The summed E-state index contributed by atoms with van der Waals surface area (Å²) < 4.78 is 9.84. The summed E-state index contributed by atoms with van der Waals surface area (Å²) in [5.74, 6) is 2.35. The molecule has 0 radical (unpaired) electrons. The average molecular weight is 443 g/mol. The molecule has 3 heterocycles. The van der Waals surface area contributed by atoms with E-state index >= 15 is 0 Å². The predicted molar refractivity (Wildman–Crippen MR) is 122 cm³/mol. The van der Waals surface area contributed by atoms with Crippen LogP contribution in [0.5, 0.6) is 5.75 Å². The molecule has 1 N–H and O–H groups in total. The Bertz CT molecular complexity index is 950. The Labute approximate surface area is 185 Å². The van der Waals surface area contributed by atoms with Crippen molar-refractivity contribution in [1.29, 1.82) is 0 Å². The van der Waals surface area contributed by atoms with Crippen LogP contribution >= 0.6 is 22.9 Å². The number of hydrogen-bond acceptors (Lipinski definition) is 7. The molecule has 6 nitrogen and oxygen atoms in total. The number of carbonyl (C=O) groups excluding carboxylic acids is 1. The zero-order valence-corrected chi connectivity index (χ0v) is 18.7. The van der Waals surface area contributed by atoms with Crippen LogP contribution in [0, 0.1) is 5.92 Å². The van der Waals surface area contributed by atoms with Gasteiger partial charge in [-0.1, -0.05) is 18.2 Å². The van der Waals surface area contributed by atoms with Gasteiger partial charge in [-0.05, 0) is 47.9 Å². The fourth-order valence-electron chi connectivity index (χ4n) is 3.63. The van der Waals surface area contributed by atoms with E-state index < -0.39 is 0 Å². The van der Waals surface area contributed by atoms with Gasteiger partial charge in [0.25, 0.3) is 0 Å². The molecule has 4 rings (SSSR count). The first-order chi connectivity index (χ1) is 14.7. The molecular formula is C22H26N4O2S2. The molecule has 3 aromatic rings. The lowest BCUT2D eigenvalue weighted by molar-refractivity contribution is -0.120. The second-order valence-electron chi connectivity index (χ2n) is 7.51. The zero-order valence-electron chi connectivity index (χ0n) is 17.0. The lowest BCUT2D eigenvalue weighted by atomic mass is 9.97. The van der Waals surface area contributed by atoms with Gasteiger partial charge in [0, 0.05) is 42.5 Å². The van der Waals surface area contributed by atoms with Crippen LogP contribution in [-0.2, 0) is 17.6 Å². The van der Waals surface area contributed by atoms with Gasteiger partial charge in [0.1, 0.15) is 11.6 Å². The number of rotatable bonds is 8. The van der Waals surface area contributed by atoms with Crippen LogP contribution in [0.25, 0.3) is 0 Å². The zero-order chi connectivity index (χ0) is 20.8. The number of nitrogens with zero attached hydrogens (tertiary/aromatic N) is 3. The first-order valence-electron chi connectivity index (χ1n) is 10.2. The van der Waals surface area contributed by atoms with Crippen molar-refractivity contribution in [2.45, 2.75) is 25.7 Å².